The third-order valence-electron chi connectivity index (χ3n) is 5.65. The summed E-state index contributed by atoms with van der Waals surface area (Å²) < 4.78 is 1.33. The number of nitrogens with two attached hydrogens (primary N) is 1. The summed E-state index contributed by atoms with van der Waals surface area (Å²) in [5.41, 5.74) is 9.72. The highest BCUT2D eigenvalue weighted by atomic mass is 16.6. The van der Waals surface area contributed by atoms with Crippen LogP contribution in [0, 0.1) is 21.4 Å². The third kappa shape index (κ3) is 2.68. The number of nitro benzene ring substituents is 1. The van der Waals surface area contributed by atoms with Crippen LogP contribution in [0.4, 0.5) is 11.4 Å². The second-order valence-corrected chi connectivity index (χ2v) is 7.31. The maximum Gasteiger partial charge on any atom is 0.281 e. The van der Waals surface area contributed by atoms with E-state index in [1.165, 1.54) is 16.8 Å². The summed E-state index contributed by atoms with van der Waals surface area (Å²) in [5, 5.41) is 26.5. The molecule has 3 aromatic carbocycles. The van der Waals surface area contributed by atoms with Crippen molar-refractivity contribution < 1.29 is 4.92 Å². The average molecular weight is 409 g/mol. The molecule has 0 saturated heterocycles. The van der Waals surface area contributed by atoms with Crippen LogP contribution in [-0.4, -0.2) is 14.7 Å². The van der Waals surface area contributed by atoms with E-state index in [2.05, 4.69) is 11.2 Å². The fourth-order valence-corrected chi connectivity index (χ4v) is 4.28. The Bertz CT molecular complexity index is 1480. The number of nitriles is 1. The lowest BCUT2D eigenvalue weighted by Gasteiger charge is -2.15. The molecule has 1 aromatic heterocycles. The molecule has 31 heavy (non-hydrogen) atoms. The van der Waals surface area contributed by atoms with Crippen LogP contribution < -0.4 is 11.3 Å². The van der Waals surface area contributed by atoms with Crippen LogP contribution in [0.25, 0.3) is 27.6 Å². The Balaban J connectivity index is 1.85. The molecule has 1 aliphatic rings. The molecule has 150 valence electrons. The lowest BCUT2D eigenvalue weighted by Crippen LogP contribution is -2.23. The van der Waals surface area contributed by atoms with Crippen LogP contribution in [0.5, 0.6) is 0 Å². The van der Waals surface area contributed by atoms with Gasteiger partial charge in [-0.2, -0.15) is 15.0 Å². The molecule has 0 spiro atoms. The van der Waals surface area contributed by atoms with Crippen molar-refractivity contribution >= 4 is 22.1 Å². The topological polar surface area (TPSA) is 128 Å². The normalized spacial score (nSPS) is 12.1. The molecule has 0 amide bonds. The first-order valence-electron chi connectivity index (χ1n) is 9.62. The van der Waals surface area contributed by atoms with Crippen LogP contribution in [0.2, 0.25) is 0 Å². The first kappa shape index (κ1) is 18.5. The highest BCUT2D eigenvalue weighted by Gasteiger charge is 2.29. The van der Waals surface area contributed by atoms with E-state index in [9.17, 15) is 20.2 Å². The predicted octanol–water partition coefficient (Wildman–Crippen LogP) is 3.51. The van der Waals surface area contributed by atoms with Crippen molar-refractivity contribution in [3.63, 3.8) is 0 Å². The second-order valence-electron chi connectivity index (χ2n) is 7.31. The van der Waals surface area contributed by atoms with Crippen LogP contribution in [0.3, 0.4) is 0 Å². The highest BCUT2D eigenvalue weighted by molar-refractivity contribution is 6.05. The minimum atomic E-state index is -0.475. The van der Waals surface area contributed by atoms with Crippen LogP contribution >= 0.6 is 0 Å². The van der Waals surface area contributed by atoms with Crippen molar-refractivity contribution in [2.24, 2.45) is 0 Å². The number of nitrogen functional groups attached to an aromatic ring is 1. The lowest BCUT2D eigenvalue weighted by molar-refractivity contribution is -0.384. The molecule has 8 heteroatoms. The van der Waals surface area contributed by atoms with Crippen LogP contribution in [0.1, 0.15) is 16.8 Å². The number of para-hydroxylation sites is 1. The van der Waals surface area contributed by atoms with Gasteiger partial charge in [0.1, 0.15) is 6.07 Å². The van der Waals surface area contributed by atoms with Crippen molar-refractivity contribution in [2.45, 2.75) is 12.8 Å². The summed E-state index contributed by atoms with van der Waals surface area (Å²) in [6.07, 6.45) is 1.20. The smallest absolute Gasteiger partial charge is 0.281 e. The molecule has 4 aromatic rings. The number of aryl methyl sites for hydroxylation is 2. The number of nitrogens with zero attached hydrogens (tertiary/aromatic N) is 4. The molecule has 0 unspecified atom stereocenters. The van der Waals surface area contributed by atoms with Gasteiger partial charge in [-0.15, -0.1) is 0 Å². The maximum atomic E-state index is 13.4. The molecular weight excluding hydrogens is 394 g/mol. The first-order chi connectivity index (χ1) is 15.0. The van der Waals surface area contributed by atoms with Crippen LogP contribution in [0.15, 0.2) is 59.4 Å². The summed E-state index contributed by atoms with van der Waals surface area (Å²) in [5.74, 6) is 0. The molecule has 0 radical (unpaired) electrons. The quantitative estimate of drug-likeness (QED) is 0.313. The molecular formula is C23H15N5O3. The fraction of sp³-hybridized carbons (Fsp3) is 0.0870. The average Bonchev–Trinajstić information content (AvgIpc) is 3.20. The van der Waals surface area contributed by atoms with Gasteiger partial charge in [0.15, 0.2) is 0 Å². The van der Waals surface area contributed by atoms with Gasteiger partial charge in [-0.1, -0.05) is 18.2 Å². The Hall–Kier alpha value is -4.51. The molecule has 5 rings (SSSR count). The number of hydrogen-bond donors (Lipinski definition) is 1. The number of benzene rings is 3. The maximum absolute atomic E-state index is 13.4. The van der Waals surface area contributed by atoms with Crippen LogP contribution in [-0.2, 0) is 12.8 Å². The molecule has 0 fully saturated rings. The molecule has 2 N–H and O–H groups in total. The standard InChI is InChI=1S/C23H15N5O3/c24-12-17-19(13-6-8-15(9-7-13)28(30)31)16-10-11-18-20(16)21(22(17)25)23(29)27(26-18)14-4-2-1-3-5-14/h1-9H,10-11,25H2. The summed E-state index contributed by atoms with van der Waals surface area (Å²) in [7, 11) is 0. The number of non-ortho nitro benzene ring substituents is 1. The number of aromatic nitrogens is 2. The Labute approximate surface area is 175 Å². The monoisotopic (exact) mass is 409 g/mol. The zero-order valence-corrected chi connectivity index (χ0v) is 16.2. The molecule has 1 heterocycles. The van der Waals surface area contributed by atoms with E-state index >= 15 is 0 Å². The summed E-state index contributed by atoms with van der Waals surface area (Å²) in [4.78, 5) is 23.9. The van der Waals surface area contributed by atoms with E-state index < -0.39 is 4.92 Å². The van der Waals surface area contributed by atoms with Gasteiger partial charge in [-0.05, 0) is 48.2 Å². The molecule has 0 bridgehead atoms. The van der Waals surface area contributed by atoms with Crippen molar-refractivity contribution in [1.29, 1.82) is 5.26 Å². The van der Waals surface area contributed by atoms with E-state index in [-0.39, 0.29) is 22.5 Å². The zero-order valence-electron chi connectivity index (χ0n) is 16.2. The van der Waals surface area contributed by atoms with Gasteiger partial charge in [-0.3, -0.25) is 14.9 Å². The van der Waals surface area contributed by atoms with Gasteiger partial charge in [0, 0.05) is 23.1 Å². The van der Waals surface area contributed by atoms with E-state index in [1.54, 1.807) is 24.3 Å². The lowest BCUT2D eigenvalue weighted by atomic mass is 9.90. The number of anilines is 1. The van der Waals surface area contributed by atoms with E-state index in [4.69, 9.17) is 5.73 Å². The number of hydrogen-bond acceptors (Lipinski definition) is 6. The first-order valence-corrected chi connectivity index (χ1v) is 9.62. The van der Waals surface area contributed by atoms with E-state index in [0.29, 0.717) is 40.4 Å². The predicted molar refractivity (Wildman–Crippen MR) is 116 cm³/mol. The van der Waals surface area contributed by atoms with Crippen molar-refractivity contribution in [1.82, 2.24) is 9.78 Å². The third-order valence-corrected chi connectivity index (χ3v) is 5.65. The Morgan fingerprint density at radius 1 is 1.06 bits per heavy atom. The van der Waals surface area contributed by atoms with Crippen molar-refractivity contribution in [3.05, 3.63) is 91.9 Å². The van der Waals surface area contributed by atoms with Gasteiger partial charge in [0.05, 0.1) is 32.9 Å². The second kappa shape index (κ2) is 6.78. The SMILES string of the molecule is N#Cc1c(-c2ccc([N+](=O)[O-])cc2)c2c3c(nn(-c4ccccc4)c(=O)c3c1N)CC2. The van der Waals surface area contributed by atoms with E-state index in [0.717, 1.165) is 11.3 Å². The van der Waals surface area contributed by atoms with Crippen molar-refractivity contribution in [3.8, 4) is 22.9 Å². The van der Waals surface area contributed by atoms with Crippen molar-refractivity contribution in [2.75, 3.05) is 5.73 Å². The molecule has 8 nitrogen and oxygen atoms in total. The largest absolute Gasteiger partial charge is 0.397 e. The zero-order chi connectivity index (χ0) is 21.7. The highest BCUT2D eigenvalue weighted by Crippen LogP contribution is 2.42. The number of nitro groups is 1. The minimum absolute atomic E-state index is 0.0412. The van der Waals surface area contributed by atoms with Gasteiger partial charge in [0.25, 0.3) is 11.2 Å². The minimum Gasteiger partial charge on any atom is -0.397 e. The fourth-order valence-electron chi connectivity index (χ4n) is 4.28. The Morgan fingerprint density at radius 2 is 1.77 bits per heavy atom. The Kier molecular flexibility index (Phi) is 4.05. The van der Waals surface area contributed by atoms with Gasteiger partial charge >= 0.3 is 0 Å². The van der Waals surface area contributed by atoms with Gasteiger partial charge < -0.3 is 5.73 Å². The van der Waals surface area contributed by atoms with Gasteiger partial charge in [0.2, 0.25) is 0 Å². The number of rotatable bonds is 3. The molecule has 0 aliphatic heterocycles. The molecule has 1 aliphatic carbocycles. The Morgan fingerprint density at radius 3 is 2.42 bits per heavy atom. The molecule has 0 atom stereocenters. The van der Waals surface area contributed by atoms with Gasteiger partial charge in [-0.25, -0.2) is 0 Å². The summed E-state index contributed by atoms with van der Waals surface area (Å²) in [6, 6.07) is 17.2. The van der Waals surface area contributed by atoms with E-state index in [1.807, 2.05) is 18.2 Å². The molecule has 0 saturated carbocycles. The summed E-state index contributed by atoms with van der Waals surface area (Å²) >= 11 is 0. The summed E-state index contributed by atoms with van der Waals surface area (Å²) in [6.45, 7) is 0.